The summed E-state index contributed by atoms with van der Waals surface area (Å²) >= 11 is 0. The molecule has 0 saturated heterocycles. The molecule has 2 N–H and O–H groups in total. The highest BCUT2D eigenvalue weighted by molar-refractivity contribution is 5.83. The molecule has 4 nitrogen and oxygen atoms in total. The fourth-order valence-electron chi connectivity index (χ4n) is 2.94. The Kier molecular flexibility index (Phi) is 6.83. The van der Waals surface area contributed by atoms with E-state index in [1.165, 1.54) is 6.92 Å². The van der Waals surface area contributed by atoms with Crippen LogP contribution in [0.3, 0.4) is 0 Å². The highest BCUT2D eigenvalue weighted by atomic mass is 19.4. The summed E-state index contributed by atoms with van der Waals surface area (Å²) in [6, 6.07) is 0.835. The number of carbonyl (C=O) groups excluding carboxylic acids is 1. The number of carbonyl (C=O) groups is 1. The lowest BCUT2D eigenvalue weighted by Gasteiger charge is -2.30. The lowest BCUT2D eigenvalue weighted by atomic mass is 9.99. The lowest BCUT2D eigenvalue weighted by Crippen LogP contribution is -2.53. The Balaban J connectivity index is 2.30. The summed E-state index contributed by atoms with van der Waals surface area (Å²) in [4.78, 5) is 12.5. The molecule has 2 atom stereocenters. The molecule has 1 aliphatic rings. The van der Waals surface area contributed by atoms with Crippen LogP contribution in [0.25, 0.3) is 0 Å². The topological polar surface area (TPSA) is 64.9 Å². The van der Waals surface area contributed by atoms with Crippen molar-refractivity contribution in [1.29, 1.82) is 5.26 Å². The zero-order chi connectivity index (χ0) is 21.9. The summed E-state index contributed by atoms with van der Waals surface area (Å²) in [5, 5.41) is 13.3. The molecular formula is C19H21F6N3O. The average molecular weight is 421 g/mol. The number of hydrogen-bond acceptors (Lipinski definition) is 3. The predicted molar refractivity (Wildman–Crippen MR) is 92.3 cm³/mol. The highest BCUT2D eigenvalue weighted by Gasteiger charge is 2.49. The summed E-state index contributed by atoms with van der Waals surface area (Å²) in [7, 11) is 0. The summed E-state index contributed by atoms with van der Waals surface area (Å²) in [5.41, 5.74) is -1.64. The molecule has 160 valence electrons. The summed E-state index contributed by atoms with van der Waals surface area (Å²) in [6.45, 7) is 1.49. The predicted octanol–water partition coefficient (Wildman–Crippen LogP) is 4.39. The quantitative estimate of drug-likeness (QED) is 0.582. The van der Waals surface area contributed by atoms with Crippen LogP contribution in [0, 0.1) is 17.1 Å². The van der Waals surface area contributed by atoms with Gasteiger partial charge in [-0.15, -0.1) is 0 Å². The van der Waals surface area contributed by atoms with Crippen molar-refractivity contribution in [2.45, 2.75) is 68.7 Å². The van der Waals surface area contributed by atoms with Gasteiger partial charge in [0.15, 0.2) is 0 Å². The van der Waals surface area contributed by atoms with Crippen molar-refractivity contribution < 1.29 is 31.1 Å². The van der Waals surface area contributed by atoms with E-state index in [1.807, 2.05) is 11.4 Å². The number of rotatable bonds is 9. The molecule has 0 bridgehead atoms. The first-order chi connectivity index (χ1) is 13.4. The molecule has 1 fully saturated rings. The second-order valence-electron chi connectivity index (χ2n) is 7.24. The maximum atomic E-state index is 14.2. The molecule has 0 radical (unpaired) electrons. The molecule has 1 aromatic carbocycles. The summed E-state index contributed by atoms with van der Waals surface area (Å²) in [5.74, 6) is -5.24. The molecule has 0 spiro atoms. The van der Waals surface area contributed by atoms with Crippen LogP contribution in [0.2, 0.25) is 0 Å². The van der Waals surface area contributed by atoms with Crippen molar-refractivity contribution >= 4 is 5.91 Å². The van der Waals surface area contributed by atoms with E-state index in [4.69, 9.17) is 5.26 Å². The number of benzene rings is 1. The van der Waals surface area contributed by atoms with Crippen LogP contribution >= 0.6 is 0 Å². The minimum Gasteiger partial charge on any atom is -0.336 e. The van der Waals surface area contributed by atoms with Gasteiger partial charge in [-0.25, -0.2) is 13.2 Å². The Morgan fingerprint density at radius 1 is 1.21 bits per heavy atom. The highest BCUT2D eigenvalue weighted by Crippen LogP contribution is 2.37. The van der Waals surface area contributed by atoms with Gasteiger partial charge in [0.1, 0.15) is 17.4 Å². The molecule has 29 heavy (non-hydrogen) atoms. The van der Waals surface area contributed by atoms with Gasteiger partial charge in [-0.1, -0.05) is 25.5 Å². The van der Waals surface area contributed by atoms with E-state index in [2.05, 4.69) is 5.32 Å². The van der Waals surface area contributed by atoms with Crippen LogP contribution in [0.5, 0.6) is 0 Å². The zero-order valence-corrected chi connectivity index (χ0v) is 15.6. The Morgan fingerprint density at radius 3 is 2.24 bits per heavy atom. The largest absolute Gasteiger partial charge is 0.407 e. The Morgan fingerprint density at radius 2 is 1.79 bits per heavy atom. The third-order valence-corrected chi connectivity index (χ3v) is 4.66. The normalized spacial score (nSPS) is 17.9. The molecule has 1 aliphatic carbocycles. The summed E-state index contributed by atoms with van der Waals surface area (Å²) < 4.78 is 82.2. The van der Waals surface area contributed by atoms with E-state index < -0.39 is 59.9 Å². The van der Waals surface area contributed by atoms with Gasteiger partial charge in [0, 0.05) is 12.8 Å². The van der Waals surface area contributed by atoms with Gasteiger partial charge in [-0.2, -0.15) is 18.4 Å². The Labute approximate surface area is 164 Å². The fourth-order valence-corrected chi connectivity index (χ4v) is 2.94. The van der Waals surface area contributed by atoms with Crippen molar-refractivity contribution in [2.75, 3.05) is 0 Å². The molecule has 1 aromatic rings. The first-order valence-electron chi connectivity index (χ1n) is 9.11. The molecular weight excluding hydrogens is 400 g/mol. The number of halogens is 6. The van der Waals surface area contributed by atoms with E-state index >= 15 is 0 Å². The maximum absolute atomic E-state index is 14.2. The van der Waals surface area contributed by atoms with E-state index in [9.17, 15) is 31.1 Å². The third-order valence-electron chi connectivity index (χ3n) is 4.66. The Bertz CT molecular complexity index is 753. The second kappa shape index (κ2) is 8.61. The van der Waals surface area contributed by atoms with E-state index in [0.29, 0.717) is 12.8 Å². The third kappa shape index (κ3) is 6.35. The van der Waals surface area contributed by atoms with Gasteiger partial charge in [-0.05, 0) is 30.5 Å². The van der Waals surface area contributed by atoms with Crippen molar-refractivity contribution in [3.8, 4) is 6.07 Å². The van der Waals surface area contributed by atoms with Crippen LogP contribution in [-0.4, -0.2) is 29.6 Å². The SMILES string of the molecule is CCCC(F)(F)CC(N[C@@H](c1ccc(F)cc1)C(F)(F)F)C(=O)NC1(C#N)CC1. The van der Waals surface area contributed by atoms with Crippen LogP contribution < -0.4 is 10.6 Å². The maximum Gasteiger partial charge on any atom is 0.407 e. The minimum atomic E-state index is -4.93. The number of nitrogens with zero attached hydrogens (tertiary/aromatic N) is 1. The van der Waals surface area contributed by atoms with Crippen molar-refractivity contribution in [3.05, 3.63) is 35.6 Å². The number of alkyl halides is 5. The van der Waals surface area contributed by atoms with Gasteiger partial charge in [-0.3, -0.25) is 10.1 Å². The molecule has 1 saturated carbocycles. The van der Waals surface area contributed by atoms with Crippen molar-refractivity contribution in [3.63, 3.8) is 0 Å². The van der Waals surface area contributed by atoms with Crippen LogP contribution in [-0.2, 0) is 4.79 Å². The summed E-state index contributed by atoms with van der Waals surface area (Å²) in [6.07, 6.45) is -6.02. The van der Waals surface area contributed by atoms with Gasteiger partial charge in [0.05, 0.1) is 12.1 Å². The first kappa shape index (κ1) is 23.0. The van der Waals surface area contributed by atoms with E-state index in [1.54, 1.807) is 0 Å². The van der Waals surface area contributed by atoms with Gasteiger partial charge in [0.25, 0.3) is 0 Å². The average Bonchev–Trinajstić information content (AvgIpc) is 3.38. The van der Waals surface area contributed by atoms with Gasteiger partial charge in [0.2, 0.25) is 11.8 Å². The molecule has 0 aromatic heterocycles. The van der Waals surface area contributed by atoms with Crippen LogP contribution in [0.15, 0.2) is 24.3 Å². The molecule has 2 rings (SSSR count). The minimum absolute atomic E-state index is 0.0735. The number of nitrogens with one attached hydrogen (secondary N) is 2. The van der Waals surface area contributed by atoms with Gasteiger partial charge >= 0.3 is 6.18 Å². The number of hydrogen-bond donors (Lipinski definition) is 2. The molecule has 0 heterocycles. The van der Waals surface area contributed by atoms with Crippen molar-refractivity contribution in [2.24, 2.45) is 0 Å². The number of nitriles is 1. The lowest BCUT2D eigenvalue weighted by molar-refractivity contribution is -0.163. The first-order valence-corrected chi connectivity index (χ1v) is 9.11. The van der Waals surface area contributed by atoms with Crippen molar-refractivity contribution in [1.82, 2.24) is 10.6 Å². The molecule has 1 unspecified atom stereocenters. The fraction of sp³-hybridized carbons (Fsp3) is 0.579. The monoisotopic (exact) mass is 421 g/mol. The van der Waals surface area contributed by atoms with Crippen LogP contribution in [0.1, 0.15) is 50.6 Å². The zero-order valence-electron chi connectivity index (χ0n) is 15.6. The van der Waals surface area contributed by atoms with Crippen LogP contribution in [0.4, 0.5) is 26.3 Å². The van der Waals surface area contributed by atoms with Gasteiger partial charge < -0.3 is 5.32 Å². The second-order valence-corrected chi connectivity index (χ2v) is 7.24. The molecule has 10 heteroatoms. The standard InChI is InChI=1S/C19H21F6N3O/c1-2-7-18(21,22)10-14(16(29)28-17(11-26)8-9-17)27-15(19(23,24)25)12-3-5-13(20)6-4-12/h3-6,14-15,27H,2,7-10H2,1H3,(H,28,29)/t14?,15-/m0/s1. The van der Waals surface area contributed by atoms with E-state index in [0.717, 1.165) is 24.3 Å². The Hall–Kier alpha value is -2.28. The molecule has 0 aliphatic heterocycles. The number of amides is 1. The smallest absolute Gasteiger partial charge is 0.336 e. The molecule has 1 amide bonds. The van der Waals surface area contributed by atoms with E-state index in [-0.39, 0.29) is 6.42 Å².